The molecule has 0 saturated carbocycles. The van der Waals surface area contributed by atoms with Gasteiger partial charge in [-0.05, 0) is 55.9 Å². The van der Waals surface area contributed by atoms with Crippen LogP contribution in [-0.2, 0) is 31.2 Å². The number of rotatable bonds is 4. The third kappa shape index (κ3) is 4.66. The zero-order chi connectivity index (χ0) is 27.3. The van der Waals surface area contributed by atoms with Gasteiger partial charge in [0.15, 0.2) is 5.82 Å². The van der Waals surface area contributed by atoms with E-state index in [1.165, 1.54) is 0 Å². The Labute approximate surface area is 226 Å². The molecule has 2 atom stereocenters. The Hall–Kier alpha value is -3.47. The molecule has 2 amide bonds. The summed E-state index contributed by atoms with van der Waals surface area (Å²) in [7, 11) is 3.42. The second-order valence-corrected chi connectivity index (χ2v) is 10.8. The van der Waals surface area contributed by atoms with E-state index in [1.807, 2.05) is 6.07 Å². The van der Waals surface area contributed by atoms with Crippen LogP contribution in [0.2, 0.25) is 0 Å². The van der Waals surface area contributed by atoms with E-state index in [0.717, 1.165) is 54.0 Å². The SMILES string of the molecule is CNC(=O)N1CCc2c(c(N3CCCc4cc(-c5cnn(C)c5)c(C(F)F)cc43)nn2[C@H]2CCO[C@@H](C)C2)C1. The van der Waals surface area contributed by atoms with Gasteiger partial charge in [-0.25, -0.2) is 13.6 Å². The largest absolute Gasteiger partial charge is 0.378 e. The molecule has 11 heteroatoms. The summed E-state index contributed by atoms with van der Waals surface area (Å²) in [4.78, 5) is 16.5. The minimum atomic E-state index is -2.63. The van der Waals surface area contributed by atoms with Crippen LogP contribution < -0.4 is 10.2 Å². The van der Waals surface area contributed by atoms with Crippen molar-refractivity contribution in [3.8, 4) is 11.1 Å². The van der Waals surface area contributed by atoms with Gasteiger partial charge >= 0.3 is 6.03 Å². The van der Waals surface area contributed by atoms with Crippen LogP contribution >= 0.6 is 0 Å². The van der Waals surface area contributed by atoms with Crippen molar-refractivity contribution in [1.82, 2.24) is 29.8 Å². The maximum absolute atomic E-state index is 14.4. The Morgan fingerprint density at radius 3 is 2.79 bits per heavy atom. The second kappa shape index (κ2) is 10.3. The molecule has 1 N–H and O–H groups in total. The number of amides is 2. The maximum atomic E-state index is 14.4. The van der Waals surface area contributed by atoms with Crippen LogP contribution in [0.5, 0.6) is 0 Å². The summed E-state index contributed by atoms with van der Waals surface area (Å²) in [5, 5.41) is 12.1. The van der Waals surface area contributed by atoms with Crippen LogP contribution in [0, 0.1) is 0 Å². The third-order valence-electron chi connectivity index (χ3n) is 8.25. The lowest BCUT2D eigenvalue weighted by molar-refractivity contribution is 0.00282. The molecule has 2 aromatic heterocycles. The number of hydrogen-bond acceptors (Lipinski definition) is 5. The minimum absolute atomic E-state index is 0.00723. The fourth-order valence-corrected chi connectivity index (χ4v) is 6.33. The number of anilines is 2. The van der Waals surface area contributed by atoms with E-state index in [-0.39, 0.29) is 23.7 Å². The number of halogens is 2. The van der Waals surface area contributed by atoms with Gasteiger partial charge in [0.1, 0.15) is 0 Å². The molecule has 3 aromatic rings. The van der Waals surface area contributed by atoms with Crippen molar-refractivity contribution in [2.75, 3.05) is 31.6 Å². The quantitative estimate of drug-likeness (QED) is 0.518. The van der Waals surface area contributed by atoms with E-state index in [1.54, 1.807) is 42.1 Å². The van der Waals surface area contributed by atoms with Crippen molar-refractivity contribution in [3.63, 3.8) is 0 Å². The summed E-state index contributed by atoms with van der Waals surface area (Å²) in [5.74, 6) is 0.771. The Balaban J connectivity index is 1.46. The molecule has 1 saturated heterocycles. The van der Waals surface area contributed by atoms with Crippen molar-refractivity contribution in [1.29, 1.82) is 0 Å². The molecule has 0 radical (unpaired) electrons. The number of nitrogens with zero attached hydrogens (tertiary/aromatic N) is 6. The smallest absolute Gasteiger partial charge is 0.317 e. The molecule has 39 heavy (non-hydrogen) atoms. The fourth-order valence-electron chi connectivity index (χ4n) is 6.33. The van der Waals surface area contributed by atoms with Gasteiger partial charge in [0.2, 0.25) is 0 Å². The first-order chi connectivity index (χ1) is 18.8. The number of carbonyl (C=O) groups is 1. The van der Waals surface area contributed by atoms with Crippen LogP contribution in [0.4, 0.5) is 25.1 Å². The van der Waals surface area contributed by atoms with E-state index in [9.17, 15) is 13.6 Å². The van der Waals surface area contributed by atoms with Crippen LogP contribution in [-0.4, -0.2) is 63.3 Å². The first kappa shape index (κ1) is 25.8. The average molecular weight is 540 g/mol. The zero-order valence-corrected chi connectivity index (χ0v) is 22.7. The van der Waals surface area contributed by atoms with Crippen LogP contribution in [0.15, 0.2) is 24.5 Å². The van der Waals surface area contributed by atoms with Crippen LogP contribution in [0.3, 0.4) is 0 Å². The van der Waals surface area contributed by atoms with Gasteiger partial charge in [0, 0.05) is 74.5 Å². The summed E-state index contributed by atoms with van der Waals surface area (Å²) in [6.07, 6.45) is 5.04. The first-order valence-corrected chi connectivity index (χ1v) is 13.7. The molecule has 0 spiro atoms. The monoisotopic (exact) mass is 539 g/mol. The van der Waals surface area contributed by atoms with E-state index in [4.69, 9.17) is 9.84 Å². The topological polar surface area (TPSA) is 80.5 Å². The Morgan fingerprint density at radius 1 is 1.23 bits per heavy atom. The van der Waals surface area contributed by atoms with Gasteiger partial charge in [-0.15, -0.1) is 0 Å². The highest BCUT2D eigenvalue weighted by Gasteiger charge is 2.35. The Morgan fingerprint density at radius 2 is 2.08 bits per heavy atom. The standard InChI is InChI=1S/C28H35F2N7O2/c1-17-11-20(7-10-39-17)37-24-6-9-35(28(38)31-2)16-23(24)27(33-37)36-8-4-5-18-12-21(19-14-32-34(3)15-19)22(26(29)30)13-25(18)36/h12-15,17,20,26H,4-11,16H2,1-3H3,(H,31,38)/t17-,20-/m0/s1. The van der Waals surface area contributed by atoms with E-state index in [2.05, 4.69) is 26.9 Å². The van der Waals surface area contributed by atoms with Gasteiger partial charge in [-0.1, -0.05) is 0 Å². The predicted octanol–water partition coefficient (Wildman–Crippen LogP) is 4.74. The molecule has 0 aliphatic carbocycles. The molecule has 3 aliphatic heterocycles. The minimum Gasteiger partial charge on any atom is -0.378 e. The number of fused-ring (bicyclic) bond motifs is 2. The van der Waals surface area contributed by atoms with Crippen molar-refractivity contribution in [3.05, 3.63) is 46.9 Å². The van der Waals surface area contributed by atoms with Gasteiger partial charge < -0.3 is 19.9 Å². The van der Waals surface area contributed by atoms with E-state index < -0.39 is 6.43 Å². The second-order valence-electron chi connectivity index (χ2n) is 10.8. The number of aryl methyl sites for hydroxylation is 2. The number of urea groups is 1. The lowest BCUT2D eigenvalue weighted by atomic mass is 9.92. The highest BCUT2D eigenvalue weighted by Crippen LogP contribution is 2.43. The van der Waals surface area contributed by atoms with Crippen molar-refractivity contribution < 1.29 is 18.3 Å². The molecule has 1 fully saturated rings. The summed E-state index contributed by atoms with van der Waals surface area (Å²) < 4.78 is 38.4. The molecule has 6 rings (SSSR count). The van der Waals surface area contributed by atoms with E-state index >= 15 is 0 Å². The van der Waals surface area contributed by atoms with Crippen molar-refractivity contribution in [2.24, 2.45) is 7.05 Å². The zero-order valence-electron chi connectivity index (χ0n) is 22.7. The lowest BCUT2D eigenvalue weighted by Crippen LogP contribution is -2.42. The van der Waals surface area contributed by atoms with Gasteiger partial charge in [0.05, 0.1) is 24.9 Å². The summed E-state index contributed by atoms with van der Waals surface area (Å²) in [6, 6.07) is 3.62. The van der Waals surface area contributed by atoms with E-state index in [0.29, 0.717) is 43.8 Å². The molecule has 0 bridgehead atoms. The van der Waals surface area contributed by atoms with Gasteiger partial charge in [-0.2, -0.15) is 10.2 Å². The Kier molecular flexibility index (Phi) is 6.78. The molecular formula is C28H35F2N7O2. The molecule has 3 aliphatic rings. The normalized spacial score (nSPS) is 21.2. The molecular weight excluding hydrogens is 504 g/mol. The summed E-state index contributed by atoms with van der Waals surface area (Å²) in [6.45, 7) is 4.49. The molecule has 0 unspecified atom stereocenters. The lowest BCUT2D eigenvalue weighted by Gasteiger charge is -2.33. The summed E-state index contributed by atoms with van der Waals surface area (Å²) in [5.41, 5.74) is 5.13. The number of carbonyl (C=O) groups excluding carboxylic acids is 1. The number of ether oxygens (including phenoxy) is 1. The summed E-state index contributed by atoms with van der Waals surface area (Å²) >= 11 is 0. The highest BCUT2D eigenvalue weighted by atomic mass is 19.3. The third-order valence-corrected chi connectivity index (χ3v) is 8.25. The predicted molar refractivity (Wildman–Crippen MR) is 143 cm³/mol. The number of nitrogens with one attached hydrogen (secondary N) is 1. The van der Waals surface area contributed by atoms with Crippen molar-refractivity contribution in [2.45, 2.75) is 64.1 Å². The average Bonchev–Trinajstić information content (AvgIpc) is 3.54. The van der Waals surface area contributed by atoms with Crippen LogP contribution in [0.25, 0.3) is 11.1 Å². The number of benzene rings is 1. The van der Waals surface area contributed by atoms with Gasteiger partial charge in [-0.3, -0.25) is 9.36 Å². The molecule has 208 valence electrons. The fraction of sp³-hybridized carbons (Fsp3) is 0.536. The highest BCUT2D eigenvalue weighted by molar-refractivity contribution is 5.78. The first-order valence-electron chi connectivity index (χ1n) is 13.7. The number of hydrogen-bond donors (Lipinski definition) is 1. The van der Waals surface area contributed by atoms with Gasteiger partial charge in [0.25, 0.3) is 6.43 Å². The molecule has 9 nitrogen and oxygen atoms in total. The van der Waals surface area contributed by atoms with Crippen LogP contribution in [0.1, 0.15) is 61.0 Å². The molecule has 5 heterocycles. The Bertz CT molecular complexity index is 1380. The molecule has 1 aromatic carbocycles. The number of alkyl halides is 2. The van der Waals surface area contributed by atoms with Crippen molar-refractivity contribution >= 4 is 17.5 Å². The maximum Gasteiger partial charge on any atom is 0.317 e. The number of aromatic nitrogens is 4.